The molecule has 2 aliphatic heterocycles. The summed E-state index contributed by atoms with van der Waals surface area (Å²) in [5.74, 6) is 2.20. The molecule has 2 heterocycles. The van der Waals surface area contributed by atoms with Crippen LogP contribution in [-0.4, -0.2) is 55.1 Å². The van der Waals surface area contributed by atoms with Gasteiger partial charge < -0.3 is 23.8 Å². The molecule has 0 radical (unpaired) electrons. The van der Waals surface area contributed by atoms with Crippen LogP contribution in [0.3, 0.4) is 0 Å². The Labute approximate surface area is 207 Å². The zero-order valence-corrected chi connectivity index (χ0v) is 21.4. The monoisotopic (exact) mass is 481 g/mol. The second kappa shape index (κ2) is 10.2. The van der Waals surface area contributed by atoms with E-state index < -0.39 is 5.60 Å². The van der Waals surface area contributed by atoms with Gasteiger partial charge in [-0.05, 0) is 70.0 Å². The van der Waals surface area contributed by atoms with E-state index in [1.165, 1.54) is 0 Å². The predicted molar refractivity (Wildman–Crippen MR) is 133 cm³/mol. The summed E-state index contributed by atoms with van der Waals surface area (Å²) in [6, 6.07) is 7.35. The fourth-order valence-corrected chi connectivity index (χ4v) is 4.84. The molecule has 0 atom stereocenters. The van der Waals surface area contributed by atoms with E-state index in [-0.39, 0.29) is 11.7 Å². The van der Waals surface area contributed by atoms with Crippen molar-refractivity contribution in [3.63, 3.8) is 0 Å². The normalized spacial score (nSPS) is 16.5. The van der Waals surface area contributed by atoms with Gasteiger partial charge in [0.05, 0.1) is 31.8 Å². The number of benzene rings is 2. The largest absolute Gasteiger partial charge is 0.490 e. The topological polar surface area (TPSA) is 74.3 Å². The fraction of sp³-hybridized carbons (Fsp3) is 0.500. The average molecular weight is 482 g/mol. The van der Waals surface area contributed by atoms with Crippen LogP contribution in [0.5, 0.6) is 23.0 Å². The number of rotatable bonds is 7. The summed E-state index contributed by atoms with van der Waals surface area (Å²) in [6.07, 6.45) is 1.55. The van der Waals surface area contributed by atoms with Gasteiger partial charge in [-0.25, -0.2) is 0 Å². The maximum absolute atomic E-state index is 13.5. The number of amides is 1. The highest BCUT2D eigenvalue weighted by Gasteiger charge is 2.44. The predicted octanol–water partition coefficient (Wildman–Crippen LogP) is 5.14. The molecule has 2 aromatic rings. The number of Topliss-reactive ketones (excluding diaryl/α,β-unsaturated/α-hetero) is 1. The molecule has 7 nitrogen and oxygen atoms in total. The summed E-state index contributed by atoms with van der Waals surface area (Å²) < 4.78 is 23.7. The Balaban J connectivity index is 1.53. The number of carbonyl (C=O) groups excluding carboxylic acids is 2. The van der Waals surface area contributed by atoms with Crippen LogP contribution < -0.4 is 18.9 Å². The average Bonchev–Trinajstić information content (AvgIpc) is 2.83. The van der Waals surface area contributed by atoms with Crippen molar-refractivity contribution < 1.29 is 28.5 Å². The second-order valence-electron chi connectivity index (χ2n) is 9.21. The molecule has 0 N–H and O–H groups in total. The lowest BCUT2D eigenvalue weighted by Crippen LogP contribution is -2.52. The van der Waals surface area contributed by atoms with Crippen LogP contribution in [0.2, 0.25) is 0 Å². The lowest BCUT2D eigenvalue weighted by Gasteiger charge is -2.44. The zero-order chi connectivity index (χ0) is 25.2. The summed E-state index contributed by atoms with van der Waals surface area (Å²) in [6.45, 7) is 12.1. The van der Waals surface area contributed by atoms with Gasteiger partial charge in [0.2, 0.25) is 5.75 Å². The quantitative estimate of drug-likeness (QED) is 0.545. The lowest BCUT2D eigenvalue weighted by atomic mass is 9.81. The highest BCUT2D eigenvalue weighted by molar-refractivity contribution is 6.01. The number of ketones is 1. The molecule has 0 saturated carbocycles. The Bertz CT molecular complexity index is 1090. The molecule has 35 heavy (non-hydrogen) atoms. The summed E-state index contributed by atoms with van der Waals surface area (Å²) in [5.41, 5.74) is 2.79. The van der Waals surface area contributed by atoms with Crippen molar-refractivity contribution in [2.24, 2.45) is 0 Å². The Morgan fingerprint density at radius 3 is 2.06 bits per heavy atom. The van der Waals surface area contributed by atoms with Crippen LogP contribution in [0, 0.1) is 13.8 Å². The first kappa shape index (κ1) is 24.9. The number of likely N-dealkylation sites (tertiary alicyclic amines) is 1. The summed E-state index contributed by atoms with van der Waals surface area (Å²) >= 11 is 0. The van der Waals surface area contributed by atoms with E-state index in [4.69, 9.17) is 18.9 Å². The maximum atomic E-state index is 13.5. The summed E-state index contributed by atoms with van der Waals surface area (Å²) in [5, 5.41) is 0. The van der Waals surface area contributed by atoms with Gasteiger partial charge in [-0.2, -0.15) is 0 Å². The molecule has 0 unspecified atom stereocenters. The first-order valence-electron chi connectivity index (χ1n) is 12.5. The number of nitrogens with zero attached hydrogens (tertiary/aromatic N) is 1. The van der Waals surface area contributed by atoms with Crippen molar-refractivity contribution in [2.75, 3.05) is 32.9 Å². The van der Waals surface area contributed by atoms with Crippen molar-refractivity contribution in [1.82, 2.24) is 4.90 Å². The summed E-state index contributed by atoms with van der Waals surface area (Å²) in [7, 11) is 0. The van der Waals surface area contributed by atoms with Crippen LogP contribution in [0.4, 0.5) is 0 Å². The maximum Gasteiger partial charge on any atom is 0.254 e. The molecule has 0 aliphatic carbocycles. The third-order valence-electron chi connectivity index (χ3n) is 6.82. The highest BCUT2D eigenvalue weighted by Crippen LogP contribution is 2.42. The van der Waals surface area contributed by atoms with Gasteiger partial charge in [-0.15, -0.1) is 0 Å². The molecular formula is C28H35NO6. The lowest BCUT2D eigenvalue weighted by molar-refractivity contribution is -0.00577. The van der Waals surface area contributed by atoms with Gasteiger partial charge >= 0.3 is 0 Å². The Morgan fingerprint density at radius 2 is 1.49 bits per heavy atom. The van der Waals surface area contributed by atoms with Gasteiger partial charge in [0.25, 0.3) is 5.91 Å². The van der Waals surface area contributed by atoms with Gasteiger partial charge in [0.1, 0.15) is 11.4 Å². The minimum atomic E-state index is -0.561. The van der Waals surface area contributed by atoms with Crippen molar-refractivity contribution in [3.05, 3.63) is 46.5 Å². The van der Waals surface area contributed by atoms with Crippen LogP contribution in [0.15, 0.2) is 24.3 Å². The van der Waals surface area contributed by atoms with Crippen molar-refractivity contribution in [2.45, 2.75) is 59.5 Å². The number of fused-ring (bicyclic) bond motifs is 1. The number of hydrogen-bond donors (Lipinski definition) is 0. The standard InChI is InChI=1S/C28H35NO6/c1-6-32-24-15-20(16-25(33-7-2)26(24)34-8-3)27(31)29-11-9-28(10-12-29)17-22(30)21-13-18(4)19(5)14-23(21)35-28/h13-16H,6-12,17H2,1-5H3. The molecule has 0 bridgehead atoms. The molecule has 1 spiro atoms. The van der Waals surface area contributed by atoms with Gasteiger partial charge in [0, 0.05) is 31.5 Å². The van der Waals surface area contributed by atoms with E-state index in [0.29, 0.717) is 86.3 Å². The Kier molecular flexibility index (Phi) is 7.24. The Hall–Kier alpha value is -3.22. The number of carbonyl (C=O) groups is 2. The SMILES string of the molecule is CCOc1cc(C(=O)N2CCC3(CC2)CC(=O)c2cc(C)c(C)cc2O3)cc(OCC)c1OCC. The van der Waals surface area contributed by atoms with Crippen LogP contribution in [0.25, 0.3) is 0 Å². The van der Waals surface area contributed by atoms with E-state index >= 15 is 0 Å². The second-order valence-corrected chi connectivity index (χ2v) is 9.21. The molecule has 2 aliphatic rings. The fourth-order valence-electron chi connectivity index (χ4n) is 4.84. The van der Waals surface area contributed by atoms with Crippen molar-refractivity contribution in [3.8, 4) is 23.0 Å². The van der Waals surface area contributed by atoms with Crippen LogP contribution in [-0.2, 0) is 0 Å². The smallest absolute Gasteiger partial charge is 0.254 e. The molecule has 0 aromatic heterocycles. The molecule has 7 heteroatoms. The van der Waals surface area contributed by atoms with Gasteiger partial charge in [-0.3, -0.25) is 9.59 Å². The van der Waals surface area contributed by atoms with Gasteiger partial charge in [0.15, 0.2) is 17.3 Å². The molecule has 2 aromatic carbocycles. The molecule has 4 rings (SSSR count). The first-order valence-corrected chi connectivity index (χ1v) is 12.5. The summed E-state index contributed by atoms with van der Waals surface area (Å²) in [4.78, 5) is 28.2. The zero-order valence-electron chi connectivity index (χ0n) is 21.4. The molecule has 1 fully saturated rings. The number of ether oxygens (including phenoxy) is 4. The van der Waals surface area contributed by atoms with Gasteiger partial charge in [-0.1, -0.05) is 0 Å². The van der Waals surface area contributed by atoms with Crippen LogP contribution >= 0.6 is 0 Å². The van der Waals surface area contributed by atoms with Crippen LogP contribution in [0.1, 0.15) is 71.9 Å². The molecule has 188 valence electrons. The molecular weight excluding hydrogens is 446 g/mol. The van der Waals surface area contributed by atoms with Crippen molar-refractivity contribution >= 4 is 11.7 Å². The van der Waals surface area contributed by atoms with Crippen molar-refractivity contribution in [1.29, 1.82) is 0 Å². The minimum Gasteiger partial charge on any atom is -0.490 e. The number of piperidine rings is 1. The molecule has 1 saturated heterocycles. The minimum absolute atomic E-state index is 0.0983. The van der Waals surface area contributed by atoms with E-state index in [1.807, 2.05) is 51.7 Å². The van der Waals surface area contributed by atoms with E-state index in [1.54, 1.807) is 12.1 Å². The number of hydrogen-bond acceptors (Lipinski definition) is 6. The van der Waals surface area contributed by atoms with E-state index in [2.05, 4.69) is 0 Å². The van der Waals surface area contributed by atoms with E-state index in [0.717, 1.165) is 11.1 Å². The molecule has 1 amide bonds. The highest BCUT2D eigenvalue weighted by atomic mass is 16.5. The third kappa shape index (κ3) is 4.95. The third-order valence-corrected chi connectivity index (χ3v) is 6.82. The first-order chi connectivity index (χ1) is 16.8. The van der Waals surface area contributed by atoms with E-state index in [9.17, 15) is 9.59 Å². The number of aryl methyl sites for hydroxylation is 2. The Morgan fingerprint density at radius 1 is 0.914 bits per heavy atom.